The zero-order valence-electron chi connectivity index (χ0n) is 20.4. The van der Waals surface area contributed by atoms with E-state index in [1.807, 2.05) is 0 Å². The number of hydrogen-bond donors (Lipinski definition) is 3. The lowest BCUT2D eigenvalue weighted by molar-refractivity contribution is -0.136. The third-order valence-corrected chi connectivity index (χ3v) is 6.24. The first-order valence-electron chi connectivity index (χ1n) is 12.4. The van der Waals surface area contributed by atoms with E-state index in [0.29, 0.717) is 6.54 Å². The maximum Gasteiger partial charge on any atom is 0.266 e. The normalized spacial score (nSPS) is 16.9. The number of benzene rings is 1. The highest BCUT2D eigenvalue weighted by Gasteiger charge is 2.46. The van der Waals surface area contributed by atoms with E-state index in [4.69, 9.17) is 10.5 Å². The molecule has 4 N–H and O–H groups in total. The quantitative estimate of drug-likeness (QED) is 0.250. The average molecular weight is 523 g/mol. The van der Waals surface area contributed by atoms with Crippen molar-refractivity contribution in [3.8, 4) is 5.75 Å². The molecule has 1 atom stereocenters. The minimum atomic E-state index is -1.05. The molecule has 0 radical (unpaired) electrons. The molecule has 1 aromatic carbocycles. The van der Waals surface area contributed by atoms with Crippen molar-refractivity contribution in [1.82, 2.24) is 15.5 Å². The Morgan fingerprint density at radius 2 is 1.67 bits per heavy atom. The first-order chi connectivity index (χ1) is 16.9. The van der Waals surface area contributed by atoms with Crippen molar-refractivity contribution in [2.45, 2.75) is 70.3 Å². The number of nitrogens with one attached hydrogen (secondary N) is 2. The molecule has 2 heterocycles. The summed E-state index contributed by atoms with van der Waals surface area (Å²) in [4.78, 5) is 62.6. The smallest absolute Gasteiger partial charge is 0.266 e. The van der Waals surface area contributed by atoms with Crippen LogP contribution in [0.25, 0.3) is 0 Å². The lowest BCUT2D eigenvalue weighted by Gasteiger charge is -2.27. The van der Waals surface area contributed by atoms with Gasteiger partial charge in [0.15, 0.2) is 6.61 Å². The number of nitrogens with two attached hydrogens (primary N) is 1. The van der Waals surface area contributed by atoms with Gasteiger partial charge in [0.05, 0.1) is 11.1 Å². The molecule has 198 valence electrons. The number of rotatable bonds is 14. The van der Waals surface area contributed by atoms with Gasteiger partial charge in [0.2, 0.25) is 11.8 Å². The highest BCUT2D eigenvalue weighted by molar-refractivity contribution is 6.24. The van der Waals surface area contributed by atoms with Crippen LogP contribution >= 0.6 is 12.4 Å². The molecule has 1 fully saturated rings. The molecule has 3 rings (SSSR count). The molecule has 2 aliphatic rings. The van der Waals surface area contributed by atoms with E-state index < -0.39 is 29.7 Å². The van der Waals surface area contributed by atoms with Crippen LogP contribution in [-0.2, 0) is 14.4 Å². The number of piperidine rings is 1. The van der Waals surface area contributed by atoms with Crippen molar-refractivity contribution >= 4 is 41.9 Å². The fourth-order valence-corrected chi connectivity index (χ4v) is 4.36. The maximum absolute atomic E-state index is 13.0. The highest BCUT2D eigenvalue weighted by Crippen LogP contribution is 2.33. The van der Waals surface area contributed by atoms with Crippen LogP contribution in [0.5, 0.6) is 5.75 Å². The Bertz CT molecular complexity index is 970. The summed E-state index contributed by atoms with van der Waals surface area (Å²) in [7, 11) is 0. The zero-order valence-corrected chi connectivity index (χ0v) is 21.2. The number of fused-ring (bicyclic) bond motifs is 1. The maximum atomic E-state index is 13.0. The highest BCUT2D eigenvalue weighted by atomic mass is 35.5. The van der Waals surface area contributed by atoms with Crippen LogP contribution in [0.2, 0.25) is 0 Å². The number of carbonyl (C=O) groups excluding carboxylic acids is 5. The minimum Gasteiger partial charge on any atom is -0.483 e. The number of hydrogen-bond acceptors (Lipinski definition) is 7. The van der Waals surface area contributed by atoms with E-state index >= 15 is 0 Å². The largest absolute Gasteiger partial charge is 0.483 e. The third kappa shape index (κ3) is 7.51. The zero-order chi connectivity index (χ0) is 25.2. The van der Waals surface area contributed by atoms with Crippen molar-refractivity contribution in [1.29, 1.82) is 0 Å². The molecular formula is C25H35ClN4O6. The second-order valence-corrected chi connectivity index (χ2v) is 8.88. The van der Waals surface area contributed by atoms with Gasteiger partial charge in [0.1, 0.15) is 11.8 Å². The predicted octanol–water partition coefficient (Wildman–Crippen LogP) is 2.08. The van der Waals surface area contributed by atoms with Gasteiger partial charge in [-0.1, -0.05) is 44.6 Å². The molecule has 0 aliphatic carbocycles. The Morgan fingerprint density at radius 3 is 2.33 bits per heavy atom. The van der Waals surface area contributed by atoms with Crippen LogP contribution in [0, 0.1) is 0 Å². The average Bonchev–Trinajstić information content (AvgIpc) is 3.09. The molecule has 10 nitrogen and oxygen atoms in total. The molecule has 1 aromatic rings. The van der Waals surface area contributed by atoms with Crippen LogP contribution in [0.3, 0.4) is 0 Å². The van der Waals surface area contributed by atoms with Crippen LogP contribution in [0.4, 0.5) is 0 Å². The SMILES string of the molecule is Cl.NCCCCCCCCCCNC(=O)COc1cccc2c1C(=O)N(C1CCC(=O)NC1=O)C2=O. The molecule has 36 heavy (non-hydrogen) atoms. The van der Waals surface area contributed by atoms with E-state index in [2.05, 4.69) is 10.6 Å². The lowest BCUT2D eigenvalue weighted by Crippen LogP contribution is -2.54. The molecular weight excluding hydrogens is 488 g/mol. The number of unbranched alkanes of at least 4 members (excludes halogenated alkanes) is 7. The van der Waals surface area contributed by atoms with E-state index in [0.717, 1.165) is 37.1 Å². The fraction of sp³-hybridized carbons (Fsp3) is 0.560. The minimum absolute atomic E-state index is 0. The van der Waals surface area contributed by atoms with E-state index in [-0.39, 0.29) is 54.6 Å². The standard InChI is InChI=1S/C25H34N4O6.ClH/c26-14-7-5-3-1-2-4-6-8-15-27-21(31)16-35-19-11-9-10-17-22(19)25(34)29(24(17)33)18-12-13-20(30)28-23(18)32;/h9-11,18H,1-8,12-16,26H2,(H,27,31)(H,28,30,32);1H. The Balaban J connectivity index is 0.00000456. The number of nitrogens with zero attached hydrogens (tertiary/aromatic N) is 1. The van der Waals surface area contributed by atoms with E-state index in [9.17, 15) is 24.0 Å². The van der Waals surface area contributed by atoms with Gasteiger partial charge in [-0.15, -0.1) is 12.4 Å². The lowest BCUT2D eigenvalue weighted by atomic mass is 10.0. The van der Waals surface area contributed by atoms with Crippen molar-refractivity contribution in [3.05, 3.63) is 29.3 Å². The van der Waals surface area contributed by atoms with Crippen LogP contribution in [0.15, 0.2) is 18.2 Å². The summed E-state index contributed by atoms with van der Waals surface area (Å²) in [5, 5.41) is 4.97. The summed E-state index contributed by atoms with van der Waals surface area (Å²) in [6.07, 6.45) is 9.05. The van der Waals surface area contributed by atoms with Gasteiger partial charge in [0, 0.05) is 13.0 Å². The second kappa shape index (κ2) is 14.5. The summed E-state index contributed by atoms with van der Waals surface area (Å²) in [6.45, 7) is 1.01. The molecule has 5 amide bonds. The summed E-state index contributed by atoms with van der Waals surface area (Å²) in [5.74, 6) is -2.60. The molecule has 1 saturated heterocycles. The Morgan fingerprint density at radius 1 is 1.00 bits per heavy atom. The first-order valence-corrected chi connectivity index (χ1v) is 12.4. The van der Waals surface area contributed by atoms with Gasteiger partial charge < -0.3 is 15.8 Å². The first kappa shape index (κ1) is 29.3. The number of amides is 5. The van der Waals surface area contributed by atoms with Crippen molar-refractivity contribution < 1.29 is 28.7 Å². The summed E-state index contributed by atoms with van der Waals surface area (Å²) in [5.41, 5.74) is 5.63. The molecule has 11 heteroatoms. The number of ether oxygens (including phenoxy) is 1. The van der Waals surface area contributed by atoms with Gasteiger partial charge >= 0.3 is 0 Å². The number of imide groups is 2. The van der Waals surface area contributed by atoms with Gasteiger partial charge in [0.25, 0.3) is 17.7 Å². The predicted molar refractivity (Wildman–Crippen MR) is 135 cm³/mol. The topological polar surface area (TPSA) is 148 Å². The van der Waals surface area contributed by atoms with Crippen molar-refractivity contribution in [2.24, 2.45) is 5.73 Å². The van der Waals surface area contributed by atoms with Gasteiger partial charge in [-0.25, -0.2) is 0 Å². The van der Waals surface area contributed by atoms with Crippen molar-refractivity contribution in [3.63, 3.8) is 0 Å². The monoisotopic (exact) mass is 522 g/mol. The van der Waals surface area contributed by atoms with E-state index in [1.165, 1.54) is 37.8 Å². The van der Waals surface area contributed by atoms with Crippen LogP contribution < -0.4 is 21.1 Å². The molecule has 0 saturated carbocycles. The molecule has 1 unspecified atom stereocenters. The van der Waals surface area contributed by atoms with Crippen molar-refractivity contribution in [2.75, 3.05) is 19.7 Å². The van der Waals surface area contributed by atoms with E-state index in [1.54, 1.807) is 6.07 Å². The van der Waals surface area contributed by atoms with Gasteiger partial charge in [-0.05, 0) is 37.9 Å². The summed E-state index contributed by atoms with van der Waals surface area (Å²) >= 11 is 0. The summed E-state index contributed by atoms with van der Waals surface area (Å²) < 4.78 is 5.58. The van der Waals surface area contributed by atoms with Gasteiger partial charge in [-0.2, -0.15) is 0 Å². The Kier molecular flexibility index (Phi) is 11.8. The number of carbonyl (C=O) groups is 5. The third-order valence-electron chi connectivity index (χ3n) is 6.24. The second-order valence-electron chi connectivity index (χ2n) is 8.88. The Hall–Kier alpha value is -2.98. The molecule has 0 bridgehead atoms. The molecule has 2 aliphatic heterocycles. The van der Waals surface area contributed by atoms with Crippen LogP contribution in [0.1, 0.15) is 84.9 Å². The molecule has 0 spiro atoms. The Labute approximate surface area is 217 Å². The van der Waals surface area contributed by atoms with Crippen LogP contribution in [-0.4, -0.2) is 60.2 Å². The number of halogens is 1. The fourth-order valence-electron chi connectivity index (χ4n) is 4.36. The van der Waals surface area contributed by atoms with Gasteiger partial charge in [-0.3, -0.25) is 34.2 Å². The molecule has 0 aromatic heterocycles. The summed E-state index contributed by atoms with van der Waals surface area (Å²) in [6, 6.07) is 3.49.